The van der Waals surface area contributed by atoms with E-state index in [2.05, 4.69) is 30.5 Å². The molecule has 1 fully saturated rings. The van der Waals surface area contributed by atoms with Gasteiger partial charge < -0.3 is 10.2 Å². The summed E-state index contributed by atoms with van der Waals surface area (Å²) in [4.78, 5) is 27.3. The van der Waals surface area contributed by atoms with Crippen molar-refractivity contribution >= 4 is 39.7 Å². The zero-order valence-electron chi connectivity index (χ0n) is 18.5. The van der Waals surface area contributed by atoms with Crippen LogP contribution in [0.15, 0.2) is 60.2 Å². The first-order valence-electron chi connectivity index (χ1n) is 10.8. The van der Waals surface area contributed by atoms with E-state index < -0.39 is 23.5 Å². The highest BCUT2D eigenvalue weighted by Gasteiger charge is 2.35. The first-order chi connectivity index (χ1) is 17.3. The fourth-order valence-electron chi connectivity index (χ4n) is 3.56. The number of anilines is 4. The van der Waals surface area contributed by atoms with Crippen LogP contribution in [-0.2, 0) is 6.18 Å². The maximum atomic E-state index is 14.4. The number of thiazole rings is 1. The minimum Gasteiger partial charge on any atom is -0.356 e. The number of hydrogen-bond acceptors (Lipinski definition) is 7. The van der Waals surface area contributed by atoms with E-state index in [1.165, 1.54) is 17.8 Å². The number of amides is 1. The van der Waals surface area contributed by atoms with Gasteiger partial charge in [-0.05, 0) is 42.8 Å². The van der Waals surface area contributed by atoms with E-state index in [0.717, 1.165) is 48.4 Å². The lowest BCUT2D eigenvalue weighted by molar-refractivity contribution is -0.139. The standard InChI is InChI=1S/C24H18F4N6OS/c25-21-16(3-1-4-17(21)24(26,27)28)18-12-36-23(32-18)33-22(35)14-5-7-15(8-6-14)31-19-11-20(30-13-29-19)34-9-2-10-34/h1,3-8,11-13H,2,9-10H2,(H,29,30,31)(H,32,33,35). The number of rotatable bonds is 6. The molecule has 0 unspecified atom stereocenters. The molecule has 36 heavy (non-hydrogen) atoms. The molecular formula is C24H18F4N6OS. The molecule has 0 bridgehead atoms. The molecule has 4 aromatic rings. The third-order valence-electron chi connectivity index (χ3n) is 5.56. The van der Waals surface area contributed by atoms with Crippen LogP contribution in [0.4, 0.5) is 40.0 Å². The van der Waals surface area contributed by atoms with Crippen molar-refractivity contribution in [1.29, 1.82) is 0 Å². The molecule has 1 aliphatic heterocycles. The minimum absolute atomic E-state index is 0.000829. The first-order valence-corrected chi connectivity index (χ1v) is 11.7. The summed E-state index contributed by atoms with van der Waals surface area (Å²) in [6.07, 6.45) is -2.19. The van der Waals surface area contributed by atoms with Crippen LogP contribution in [0.5, 0.6) is 0 Å². The smallest absolute Gasteiger partial charge is 0.356 e. The van der Waals surface area contributed by atoms with Crippen molar-refractivity contribution in [3.05, 3.63) is 77.2 Å². The predicted octanol–water partition coefficient (Wildman–Crippen LogP) is 5.96. The molecule has 1 aliphatic rings. The van der Waals surface area contributed by atoms with Gasteiger partial charge in [0.15, 0.2) is 5.13 Å². The highest BCUT2D eigenvalue weighted by molar-refractivity contribution is 7.14. The van der Waals surface area contributed by atoms with Crippen molar-refractivity contribution in [2.75, 3.05) is 28.6 Å². The van der Waals surface area contributed by atoms with E-state index in [-0.39, 0.29) is 16.4 Å². The molecule has 2 aromatic carbocycles. The molecule has 1 saturated heterocycles. The van der Waals surface area contributed by atoms with Crippen LogP contribution in [0.2, 0.25) is 0 Å². The van der Waals surface area contributed by atoms with Crippen LogP contribution in [0.1, 0.15) is 22.3 Å². The maximum Gasteiger partial charge on any atom is 0.419 e. The summed E-state index contributed by atoms with van der Waals surface area (Å²) in [6.45, 7) is 1.94. The molecule has 1 amide bonds. The highest BCUT2D eigenvalue weighted by atomic mass is 32.1. The number of halogens is 4. The fraction of sp³-hybridized carbons (Fsp3) is 0.167. The van der Waals surface area contributed by atoms with Gasteiger partial charge in [0, 0.05) is 41.4 Å². The van der Waals surface area contributed by atoms with Gasteiger partial charge >= 0.3 is 6.18 Å². The number of nitrogens with zero attached hydrogens (tertiary/aromatic N) is 4. The predicted molar refractivity (Wildman–Crippen MR) is 129 cm³/mol. The van der Waals surface area contributed by atoms with Crippen LogP contribution < -0.4 is 15.5 Å². The lowest BCUT2D eigenvalue weighted by Crippen LogP contribution is -2.37. The van der Waals surface area contributed by atoms with E-state index in [1.807, 2.05) is 6.07 Å². The number of carbonyl (C=O) groups excluding carboxylic acids is 1. The van der Waals surface area contributed by atoms with E-state index in [4.69, 9.17) is 0 Å². The minimum atomic E-state index is -4.82. The van der Waals surface area contributed by atoms with Crippen LogP contribution in [0.3, 0.4) is 0 Å². The monoisotopic (exact) mass is 514 g/mol. The third kappa shape index (κ3) is 4.98. The average Bonchev–Trinajstić information content (AvgIpc) is 3.26. The van der Waals surface area contributed by atoms with E-state index in [1.54, 1.807) is 24.3 Å². The van der Waals surface area contributed by atoms with Crippen molar-refractivity contribution in [2.45, 2.75) is 12.6 Å². The number of alkyl halides is 3. The zero-order chi connectivity index (χ0) is 25.3. The second kappa shape index (κ2) is 9.53. The molecule has 0 spiro atoms. The Balaban J connectivity index is 1.25. The largest absolute Gasteiger partial charge is 0.419 e. The molecule has 0 radical (unpaired) electrons. The zero-order valence-corrected chi connectivity index (χ0v) is 19.3. The molecule has 0 atom stereocenters. The number of benzene rings is 2. The normalized spacial score (nSPS) is 13.3. The topological polar surface area (TPSA) is 83.0 Å². The molecule has 12 heteroatoms. The molecular weight excluding hydrogens is 496 g/mol. The van der Waals surface area contributed by atoms with E-state index in [0.29, 0.717) is 17.4 Å². The summed E-state index contributed by atoms with van der Waals surface area (Å²) in [5.41, 5.74) is -0.603. The van der Waals surface area contributed by atoms with Crippen molar-refractivity contribution < 1.29 is 22.4 Å². The van der Waals surface area contributed by atoms with Crippen molar-refractivity contribution in [3.63, 3.8) is 0 Å². The number of nitrogens with one attached hydrogen (secondary N) is 2. The van der Waals surface area contributed by atoms with Crippen LogP contribution in [0.25, 0.3) is 11.3 Å². The summed E-state index contributed by atoms with van der Waals surface area (Å²) in [5, 5.41) is 7.28. The SMILES string of the molecule is O=C(Nc1nc(-c2cccc(C(F)(F)F)c2F)cs1)c1ccc(Nc2cc(N3CCC3)ncn2)cc1. The number of hydrogen-bond donors (Lipinski definition) is 2. The second-order valence-corrected chi connectivity index (χ2v) is 8.82. The molecule has 7 nitrogen and oxygen atoms in total. The second-order valence-electron chi connectivity index (χ2n) is 7.96. The maximum absolute atomic E-state index is 14.4. The van der Waals surface area contributed by atoms with Crippen LogP contribution in [-0.4, -0.2) is 33.9 Å². The Labute approximate surface area is 206 Å². The first kappa shape index (κ1) is 23.7. The molecule has 0 saturated carbocycles. The van der Waals surface area contributed by atoms with Gasteiger partial charge in [0.25, 0.3) is 5.91 Å². The van der Waals surface area contributed by atoms with Crippen LogP contribution in [0, 0.1) is 5.82 Å². The van der Waals surface area contributed by atoms with Gasteiger partial charge in [-0.25, -0.2) is 19.3 Å². The third-order valence-corrected chi connectivity index (χ3v) is 6.31. The summed E-state index contributed by atoms with van der Waals surface area (Å²) in [7, 11) is 0. The van der Waals surface area contributed by atoms with E-state index >= 15 is 0 Å². The van der Waals surface area contributed by atoms with Crippen molar-refractivity contribution in [3.8, 4) is 11.3 Å². The Morgan fingerprint density at radius 3 is 2.53 bits per heavy atom. The van der Waals surface area contributed by atoms with Crippen molar-refractivity contribution in [2.24, 2.45) is 0 Å². The molecule has 184 valence electrons. The average molecular weight is 515 g/mol. The van der Waals surface area contributed by atoms with Gasteiger partial charge in [0.2, 0.25) is 0 Å². The number of aromatic nitrogens is 3. The van der Waals surface area contributed by atoms with E-state index in [9.17, 15) is 22.4 Å². The van der Waals surface area contributed by atoms with Crippen molar-refractivity contribution in [1.82, 2.24) is 15.0 Å². The van der Waals surface area contributed by atoms with Gasteiger partial charge in [-0.1, -0.05) is 6.07 Å². The molecule has 2 aromatic heterocycles. The Hall–Kier alpha value is -4.06. The molecule has 0 aliphatic carbocycles. The Morgan fingerprint density at radius 2 is 1.83 bits per heavy atom. The quantitative estimate of drug-likeness (QED) is 0.309. The highest BCUT2D eigenvalue weighted by Crippen LogP contribution is 2.36. The van der Waals surface area contributed by atoms with Gasteiger partial charge in [-0.3, -0.25) is 10.1 Å². The molecule has 5 rings (SSSR count). The summed E-state index contributed by atoms with van der Waals surface area (Å²) >= 11 is 0.983. The fourth-order valence-corrected chi connectivity index (χ4v) is 4.26. The molecule has 3 heterocycles. The van der Waals surface area contributed by atoms with Crippen LogP contribution >= 0.6 is 11.3 Å². The lowest BCUT2D eigenvalue weighted by Gasteiger charge is -2.31. The van der Waals surface area contributed by atoms with Gasteiger partial charge in [-0.2, -0.15) is 13.2 Å². The Morgan fingerprint density at radius 1 is 1.06 bits per heavy atom. The van der Waals surface area contributed by atoms with Gasteiger partial charge in [0.05, 0.1) is 11.3 Å². The summed E-state index contributed by atoms with van der Waals surface area (Å²) < 4.78 is 53.4. The Kier molecular flexibility index (Phi) is 6.27. The lowest BCUT2D eigenvalue weighted by atomic mass is 10.1. The van der Waals surface area contributed by atoms with Gasteiger partial charge in [-0.15, -0.1) is 11.3 Å². The Bertz CT molecular complexity index is 1400. The molecule has 2 N–H and O–H groups in total. The summed E-state index contributed by atoms with van der Waals surface area (Å²) in [5.74, 6) is -0.394. The number of carbonyl (C=O) groups is 1. The van der Waals surface area contributed by atoms with Gasteiger partial charge in [0.1, 0.15) is 23.8 Å². The summed E-state index contributed by atoms with van der Waals surface area (Å²) in [6, 6.07) is 11.5.